The van der Waals surface area contributed by atoms with E-state index in [-0.39, 0.29) is 10.9 Å². The van der Waals surface area contributed by atoms with Crippen molar-refractivity contribution in [3.05, 3.63) is 65.0 Å². The Morgan fingerprint density at radius 1 is 1.50 bits per heavy atom. The normalized spacial score (nSPS) is 21.2. The summed E-state index contributed by atoms with van der Waals surface area (Å²) in [6, 6.07) is 2.91. The van der Waals surface area contributed by atoms with Crippen molar-refractivity contribution in [1.82, 2.24) is 5.32 Å². The smallest absolute Gasteiger partial charge is 0.211 e. The molecule has 0 saturated carbocycles. The summed E-state index contributed by atoms with van der Waals surface area (Å²) in [4.78, 5) is 10.8. The fourth-order valence-electron chi connectivity index (χ4n) is 2.94. The first-order valence-corrected chi connectivity index (χ1v) is 8.30. The van der Waals surface area contributed by atoms with Gasteiger partial charge >= 0.3 is 0 Å². The van der Waals surface area contributed by atoms with Crippen LogP contribution in [0.3, 0.4) is 0 Å². The fourth-order valence-corrected chi connectivity index (χ4v) is 3.11. The van der Waals surface area contributed by atoms with Crippen LogP contribution in [0.1, 0.15) is 24.8 Å². The van der Waals surface area contributed by atoms with Crippen LogP contribution in [0.25, 0.3) is 0 Å². The summed E-state index contributed by atoms with van der Waals surface area (Å²) in [7, 11) is 0. The highest BCUT2D eigenvalue weighted by molar-refractivity contribution is 6.31. The molecule has 0 radical (unpaired) electrons. The minimum Gasteiger partial charge on any atom is -0.328 e. The molecule has 1 fully saturated rings. The van der Waals surface area contributed by atoms with Gasteiger partial charge in [0, 0.05) is 18.2 Å². The molecule has 2 N–H and O–H groups in total. The first kappa shape index (κ1) is 18.4. The largest absolute Gasteiger partial charge is 0.328 e. The SMILES string of the molecule is C=C/C(C)=C\C=C/C[C@H]1CNC[C@H]1c1cc(F)c(Cl)cc1NC=O. The Bertz CT molecular complexity index is 670. The van der Waals surface area contributed by atoms with Gasteiger partial charge < -0.3 is 10.6 Å². The molecule has 1 heterocycles. The molecule has 2 rings (SSSR count). The van der Waals surface area contributed by atoms with E-state index in [0.717, 1.165) is 30.6 Å². The molecule has 0 unspecified atom stereocenters. The third-order valence-corrected chi connectivity index (χ3v) is 4.59. The Balaban J connectivity index is 2.19. The molecular weight excluding hydrogens is 327 g/mol. The van der Waals surface area contributed by atoms with Gasteiger partial charge in [-0.2, -0.15) is 0 Å². The number of rotatable bonds is 7. The highest BCUT2D eigenvalue weighted by atomic mass is 35.5. The van der Waals surface area contributed by atoms with Gasteiger partial charge in [-0.05, 0) is 43.5 Å². The van der Waals surface area contributed by atoms with Crippen molar-refractivity contribution in [2.75, 3.05) is 18.4 Å². The molecule has 1 amide bonds. The van der Waals surface area contributed by atoms with Crippen LogP contribution in [0.5, 0.6) is 0 Å². The average Bonchev–Trinajstić information content (AvgIpc) is 3.03. The summed E-state index contributed by atoms with van der Waals surface area (Å²) < 4.78 is 13.9. The zero-order valence-corrected chi connectivity index (χ0v) is 14.4. The van der Waals surface area contributed by atoms with Gasteiger partial charge in [0.2, 0.25) is 6.41 Å². The number of carbonyl (C=O) groups excluding carboxylic acids is 1. The zero-order chi connectivity index (χ0) is 17.5. The van der Waals surface area contributed by atoms with Crippen LogP contribution in [-0.4, -0.2) is 19.5 Å². The monoisotopic (exact) mass is 348 g/mol. The van der Waals surface area contributed by atoms with Gasteiger partial charge in [-0.25, -0.2) is 4.39 Å². The lowest BCUT2D eigenvalue weighted by molar-refractivity contribution is -0.105. The summed E-state index contributed by atoms with van der Waals surface area (Å²) in [6.45, 7) is 7.30. The second-order valence-electron chi connectivity index (χ2n) is 5.92. The van der Waals surface area contributed by atoms with E-state index in [1.807, 2.05) is 19.1 Å². The van der Waals surface area contributed by atoms with E-state index in [1.54, 1.807) is 6.08 Å². The Morgan fingerprint density at radius 2 is 2.29 bits per heavy atom. The minimum absolute atomic E-state index is 0.00976. The molecule has 0 aliphatic carbocycles. The Hall–Kier alpha value is -1.91. The molecular formula is C19H22ClFN2O. The number of carbonyl (C=O) groups is 1. The molecule has 0 bridgehead atoms. The summed E-state index contributed by atoms with van der Waals surface area (Å²) in [5, 5.41) is 5.99. The van der Waals surface area contributed by atoms with E-state index in [9.17, 15) is 9.18 Å². The molecule has 1 saturated heterocycles. The number of nitrogens with one attached hydrogen (secondary N) is 2. The van der Waals surface area contributed by atoms with Crippen LogP contribution in [0.2, 0.25) is 5.02 Å². The van der Waals surface area contributed by atoms with Gasteiger partial charge in [0.15, 0.2) is 0 Å². The van der Waals surface area contributed by atoms with Gasteiger partial charge in [0.05, 0.1) is 5.02 Å². The highest BCUT2D eigenvalue weighted by Crippen LogP contribution is 2.37. The number of anilines is 1. The van der Waals surface area contributed by atoms with E-state index in [1.165, 1.54) is 12.1 Å². The van der Waals surface area contributed by atoms with Crippen LogP contribution < -0.4 is 10.6 Å². The lowest BCUT2D eigenvalue weighted by atomic mass is 9.85. The molecule has 24 heavy (non-hydrogen) atoms. The second kappa shape index (κ2) is 8.81. The maximum absolute atomic E-state index is 13.9. The lowest BCUT2D eigenvalue weighted by Crippen LogP contribution is -2.13. The van der Waals surface area contributed by atoms with Gasteiger partial charge in [-0.3, -0.25) is 4.79 Å². The van der Waals surface area contributed by atoms with Crippen molar-refractivity contribution in [3.63, 3.8) is 0 Å². The third-order valence-electron chi connectivity index (χ3n) is 4.30. The number of amides is 1. The van der Waals surface area contributed by atoms with E-state index in [4.69, 9.17) is 11.6 Å². The molecule has 1 aromatic carbocycles. The number of halogens is 2. The zero-order valence-electron chi connectivity index (χ0n) is 13.7. The van der Waals surface area contributed by atoms with Crippen molar-refractivity contribution >= 4 is 23.7 Å². The van der Waals surface area contributed by atoms with E-state index < -0.39 is 5.82 Å². The van der Waals surface area contributed by atoms with E-state index >= 15 is 0 Å². The minimum atomic E-state index is -0.464. The van der Waals surface area contributed by atoms with Crippen molar-refractivity contribution in [1.29, 1.82) is 0 Å². The van der Waals surface area contributed by atoms with Crippen molar-refractivity contribution in [2.24, 2.45) is 5.92 Å². The van der Waals surface area contributed by atoms with Gasteiger partial charge in [-0.15, -0.1) is 0 Å². The van der Waals surface area contributed by atoms with Crippen molar-refractivity contribution < 1.29 is 9.18 Å². The Kier molecular flexibility index (Phi) is 6.76. The van der Waals surface area contributed by atoms with Crippen LogP contribution >= 0.6 is 11.6 Å². The summed E-state index contributed by atoms with van der Waals surface area (Å²) >= 11 is 5.84. The Morgan fingerprint density at radius 3 is 3.00 bits per heavy atom. The number of allylic oxidation sites excluding steroid dienone is 5. The molecule has 1 aliphatic rings. The predicted octanol–water partition coefficient (Wildman–Crippen LogP) is 4.43. The number of hydrogen-bond acceptors (Lipinski definition) is 2. The van der Waals surface area contributed by atoms with Gasteiger partial charge in [-0.1, -0.05) is 48.1 Å². The standard InChI is InChI=1S/C19H22ClFN2O/c1-3-13(2)6-4-5-7-14-10-22-11-16(14)15-8-18(21)17(20)9-19(15)23-12-24/h3-6,8-9,12,14,16,22H,1,7,10-11H2,2H3,(H,23,24)/b5-4-,13-6-/t14-,16+/m0/s1. The van der Waals surface area contributed by atoms with Gasteiger partial charge in [0.1, 0.15) is 5.82 Å². The molecule has 128 valence electrons. The summed E-state index contributed by atoms with van der Waals surface area (Å²) in [5.41, 5.74) is 2.45. The topological polar surface area (TPSA) is 41.1 Å². The highest BCUT2D eigenvalue weighted by Gasteiger charge is 2.30. The summed E-state index contributed by atoms with van der Waals surface area (Å²) in [6.07, 6.45) is 9.39. The molecule has 1 aliphatic heterocycles. The predicted molar refractivity (Wildman–Crippen MR) is 97.9 cm³/mol. The molecule has 1 aromatic rings. The quantitative estimate of drug-likeness (QED) is 0.565. The second-order valence-corrected chi connectivity index (χ2v) is 6.33. The van der Waals surface area contributed by atoms with E-state index in [0.29, 0.717) is 18.0 Å². The maximum atomic E-state index is 13.9. The van der Waals surface area contributed by atoms with Crippen LogP contribution in [0.4, 0.5) is 10.1 Å². The third kappa shape index (κ3) is 4.56. The number of benzene rings is 1. The first-order chi connectivity index (χ1) is 11.6. The lowest BCUT2D eigenvalue weighted by Gasteiger charge is -2.21. The molecule has 5 heteroatoms. The number of hydrogen-bond donors (Lipinski definition) is 2. The molecule has 0 spiro atoms. The van der Waals surface area contributed by atoms with Crippen LogP contribution in [-0.2, 0) is 4.79 Å². The summed E-state index contributed by atoms with van der Waals surface area (Å²) in [5.74, 6) is -0.0198. The van der Waals surface area contributed by atoms with Gasteiger partial charge in [0.25, 0.3) is 0 Å². The fraction of sp³-hybridized carbons (Fsp3) is 0.316. The molecule has 0 aromatic heterocycles. The van der Waals surface area contributed by atoms with E-state index in [2.05, 4.69) is 23.3 Å². The Labute approximate surface area is 147 Å². The average molecular weight is 349 g/mol. The van der Waals surface area contributed by atoms with Crippen LogP contribution in [0.15, 0.2) is 48.6 Å². The molecule has 3 nitrogen and oxygen atoms in total. The first-order valence-electron chi connectivity index (χ1n) is 7.92. The van der Waals surface area contributed by atoms with Crippen molar-refractivity contribution in [2.45, 2.75) is 19.3 Å². The van der Waals surface area contributed by atoms with Crippen LogP contribution in [0, 0.1) is 11.7 Å². The maximum Gasteiger partial charge on any atom is 0.211 e. The van der Waals surface area contributed by atoms with Crippen molar-refractivity contribution in [3.8, 4) is 0 Å². The molecule has 2 atom stereocenters.